The molecule has 3 heteroatoms. The van der Waals surface area contributed by atoms with E-state index in [2.05, 4.69) is 24.1 Å². The molecule has 2 rings (SSSR count). The molecule has 0 radical (unpaired) electrons. The van der Waals surface area contributed by atoms with Gasteiger partial charge in [-0.3, -0.25) is 4.90 Å². The topological polar surface area (TPSA) is 35.5 Å². The summed E-state index contributed by atoms with van der Waals surface area (Å²) in [5, 5.41) is 14.0. The summed E-state index contributed by atoms with van der Waals surface area (Å²) >= 11 is 0. The Bertz CT molecular complexity index is 250. The first-order chi connectivity index (χ1) is 8.38. The maximum atomic E-state index is 10.5. The van der Waals surface area contributed by atoms with Crippen molar-refractivity contribution in [3.63, 3.8) is 0 Å². The lowest BCUT2D eigenvalue weighted by atomic mass is 10.0. The maximum Gasteiger partial charge on any atom is 0.0870 e. The Morgan fingerprint density at radius 3 is 2.22 bits per heavy atom. The summed E-state index contributed by atoms with van der Waals surface area (Å²) < 4.78 is 0. The van der Waals surface area contributed by atoms with Gasteiger partial charge in [0.1, 0.15) is 0 Å². The van der Waals surface area contributed by atoms with Crippen molar-refractivity contribution >= 4 is 0 Å². The summed E-state index contributed by atoms with van der Waals surface area (Å²) in [4.78, 5) is 2.55. The van der Waals surface area contributed by atoms with Crippen molar-refractivity contribution in [1.29, 1.82) is 0 Å². The molecule has 18 heavy (non-hydrogen) atoms. The summed E-state index contributed by atoms with van der Waals surface area (Å²) in [6, 6.07) is 0.679. The van der Waals surface area contributed by atoms with E-state index in [9.17, 15) is 5.11 Å². The summed E-state index contributed by atoms with van der Waals surface area (Å²) in [6.45, 7) is 9.02. The summed E-state index contributed by atoms with van der Waals surface area (Å²) in [7, 11) is 0. The van der Waals surface area contributed by atoms with Gasteiger partial charge in [-0.2, -0.15) is 0 Å². The highest BCUT2D eigenvalue weighted by Gasteiger charge is 2.36. The molecule has 0 aromatic carbocycles. The van der Waals surface area contributed by atoms with Crippen LogP contribution in [0.5, 0.6) is 0 Å². The molecule has 0 bridgehead atoms. The number of nitrogens with zero attached hydrogens (tertiary/aromatic N) is 1. The monoisotopic (exact) mass is 254 g/mol. The van der Waals surface area contributed by atoms with Gasteiger partial charge in [-0.15, -0.1) is 0 Å². The summed E-state index contributed by atoms with van der Waals surface area (Å²) in [5.41, 5.74) is -0.493. The molecule has 0 aromatic heterocycles. The predicted molar refractivity (Wildman–Crippen MR) is 75.8 cm³/mol. The molecule has 1 saturated heterocycles. The van der Waals surface area contributed by atoms with E-state index in [0.29, 0.717) is 12.6 Å². The minimum Gasteiger partial charge on any atom is -0.388 e. The van der Waals surface area contributed by atoms with E-state index >= 15 is 0 Å². The molecule has 2 aliphatic rings. The Kier molecular flexibility index (Phi) is 4.35. The Balaban J connectivity index is 2.07. The molecular weight excluding hydrogens is 224 g/mol. The molecule has 1 atom stereocenters. The van der Waals surface area contributed by atoms with Crippen LogP contribution in [0.2, 0.25) is 0 Å². The second kappa shape index (κ2) is 5.48. The third kappa shape index (κ3) is 3.94. The van der Waals surface area contributed by atoms with E-state index in [1.807, 2.05) is 6.92 Å². The van der Waals surface area contributed by atoms with Gasteiger partial charge in [-0.25, -0.2) is 0 Å². The fourth-order valence-electron chi connectivity index (χ4n) is 3.42. The van der Waals surface area contributed by atoms with Crippen molar-refractivity contribution in [2.75, 3.05) is 19.6 Å². The van der Waals surface area contributed by atoms with Crippen LogP contribution in [-0.2, 0) is 0 Å². The largest absolute Gasteiger partial charge is 0.388 e. The van der Waals surface area contributed by atoms with Crippen molar-refractivity contribution in [2.24, 2.45) is 0 Å². The molecule has 0 spiro atoms. The van der Waals surface area contributed by atoms with Crippen LogP contribution in [-0.4, -0.2) is 46.8 Å². The van der Waals surface area contributed by atoms with Crippen LogP contribution < -0.4 is 5.32 Å². The van der Waals surface area contributed by atoms with Crippen LogP contribution >= 0.6 is 0 Å². The lowest BCUT2D eigenvalue weighted by molar-refractivity contribution is 0.0187. The van der Waals surface area contributed by atoms with E-state index in [-0.39, 0.29) is 5.54 Å². The molecule has 2 N–H and O–H groups in total. The zero-order valence-electron chi connectivity index (χ0n) is 12.3. The quantitative estimate of drug-likeness (QED) is 0.704. The van der Waals surface area contributed by atoms with Gasteiger partial charge in [-0.05, 0) is 33.6 Å². The van der Waals surface area contributed by atoms with Crippen LogP contribution in [0.25, 0.3) is 0 Å². The lowest BCUT2D eigenvalue weighted by Gasteiger charge is -2.36. The van der Waals surface area contributed by atoms with Crippen molar-refractivity contribution in [1.82, 2.24) is 10.2 Å². The number of hydrogen-bond donors (Lipinski definition) is 2. The second-order valence-corrected chi connectivity index (χ2v) is 7.28. The van der Waals surface area contributed by atoms with Gasteiger partial charge in [0.25, 0.3) is 0 Å². The molecule has 0 amide bonds. The Labute approximate surface area is 112 Å². The van der Waals surface area contributed by atoms with Crippen molar-refractivity contribution < 1.29 is 5.11 Å². The van der Waals surface area contributed by atoms with E-state index < -0.39 is 5.60 Å². The zero-order valence-corrected chi connectivity index (χ0v) is 12.3. The van der Waals surface area contributed by atoms with Gasteiger partial charge < -0.3 is 10.4 Å². The van der Waals surface area contributed by atoms with Crippen molar-refractivity contribution in [3.05, 3.63) is 0 Å². The van der Waals surface area contributed by atoms with E-state index in [0.717, 1.165) is 13.1 Å². The zero-order chi connectivity index (χ0) is 13.2. The molecular formula is C15H30N2O. The second-order valence-electron chi connectivity index (χ2n) is 7.28. The van der Waals surface area contributed by atoms with Crippen molar-refractivity contribution in [3.8, 4) is 0 Å². The Morgan fingerprint density at radius 2 is 1.61 bits per heavy atom. The van der Waals surface area contributed by atoms with Crippen LogP contribution in [0, 0.1) is 0 Å². The molecule has 1 saturated carbocycles. The number of rotatable bonds is 1. The third-order valence-corrected chi connectivity index (χ3v) is 4.43. The fraction of sp³-hybridized carbons (Fsp3) is 1.00. The van der Waals surface area contributed by atoms with Crippen LogP contribution in [0.3, 0.4) is 0 Å². The predicted octanol–water partition coefficient (Wildman–Crippen LogP) is 2.14. The highest BCUT2D eigenvalue weighted by Crippen LogP contribution is 2.26. The maximum absolute atomic E-state index is 10.5. The molecule has 1 heterocycles. The first-order valence-electron chi connectivity index (χ1n) is 7.59. The highest BCUT2D eigenvalue weighted by molar-refractivity contribution is 4.95. The van der Waals surface area contributed by atoms with Gasteiger partial charge in [0.15, 0.2) is 0 Å². The van der Waals surface area contributed by atoms with Gasteiger partial charge >= 0.3 is 0 Å². The molecule has 1 aliphatic heterocycles. The molecule has 0 aromatic rings. The SMILES string of the molecule is CC1(O)CNC(C)(C)CN(C2CCCCCC2)C1. The van der Waals surface area contributed by atoms with Gasteiger partial charge in [0, 0.05) is 31.2 Å². The van der Waals surface area contributed by atoms with Crippen LogP contribution in [0.15, 0.2) is 0 Å². The van der Waals surface area contributed by atoms with Crippen LogP contribution in [0.1, 0.15) is 59.3 Å². The Morgan fingerprint density at radius 1 is 1.00 bits per heavy atom. The molecule has 3 nitrogen and oxygen atoms in total. The van der Waals surface area contributed by atoms with Crippen molar-refractivity contribution in [2.45, 2.75) is 76.5 Å². The number of aliphatic hydroxyl groups is 1. The molecule has 1 aliphatic carbocycles. The molecule has 2 fully saturated rings. The van der Waals surface area contributed by atoms with Gasteiger partial charge in [0.05, 0.1) is 5.60 Å². The smallest absolute Gasteiger partial charge is 0.0870 e. The highest BCUT2D eigenvalue weighted by atomic mass is 16.3. The summed E-state index contributed by atoms with van der Waals surface area (Å²) in [6.07, 6.45) is 8.12. The van der Waals surface area contributed by atoms with Crippen LogP contribution in [0.4, 0.5) is 0 Å². The third-order valence-electron chi connectivity index (χ3n) is 4.43. The van der Waals surface area contributed by atoms with Gasteiger partial charge in [0.2, 0.25) is 0 Å². The first kappa shape index (κ1) is 14.3. The number of nitrogens with one attached hydrogen (secondary N) is 1. The number of β-amino-alcohol motifs (C(OH)–C–C–N with tert-alkyl or cyclic N) is 1. The van der Waals surface area contributed by atoms with E-state index in [4.69, 9.17) is 0 Å². The average molecular weight is 254 g/mol. The minimum absolute atomic E-state index is 0.104. The fourth-order valence-corrected chi connectivity index (χ4v) is 3.42. The molecule has 106 valence electrons. The molecule has 1 unspecified atom stereocenters. The standard InChI is InChI=1S/C15H30N2O/c1-14(2)11-17(12-15(3,18)10-16-14)13-8-6-4-5-7-9-13/h13,16,18H,4-12H2,1-3H3. The van der Waals surface area contributed by atoms with E-state index in [1.165, 1.54) is 38.5 Å². The first-order valence-corrected chi connectivity index (χ1v) is 7.59. The number of hydrogen-bond acceptors (Lipinski definition) is 3. The lowest BCUT2D eigenvalue weighted by Crippen LogP contribution is -2.49. The Hall–Kier alpha value is -0.120. The van der Waals surface area contributed by atoms with Gasteiger partial charge in [-0.1, -0.05) is 25.7 Å². The normalized spacial score (nSPS) is 36.0. The minimum atomic E-state index is -0.597. The average Bonchev–Trinajstić information content (AvgIpc) is 2.58. The summed E-state index contributed by atoms with van der Waals surface area (Å²) in [5.74, 6) is 0. The van der Waals surface area contributed by atoms with E-state index in [1.54, 1.807) is 0 Å².